The van der Waals surface area contributed by atoms with E-state index in [1.165, 1.54) is 12.1 Å². The van der Waals surface area contributed by atoms with Crippen molar-refractivity contribution in [2.45, 2.75) is 18.6 Å². The zero-order chi connectivity index (χ0) is 13.8. The fourth-order valence-corrected chi connectivity index (χ4v) is 2.10. The molecule has 6 heteroatoms. The Bertz CT molecular complexity index is 466. The third-order valence-corrected chi connectivity index (χ3v) is 3.31. The Morgan fingerprint density at radius 3 is 2.89 bits per heavy atom. The highest BCUT2D eigenvalue weighted by Gasteiger charge is 2.43. The van der Waals surface area contributed by atoms with Crippen LogP contribution in [0.1, 0.15) is 6.42 Å². The van der Waals surface area contributed by atoms with E-state index in [0.29, 0.717) is 17.7 Å². The number of halogens is 2. The van der Waals surface area contributed by atoms with Crippen molar-refractivity contribution in [2.75, 3.05) is 20.3 Å². The second-order valence-corrected chi connectivity index (χ2v) is 5.10. The number of carbonyl (C=O) groups excluding carboxylic acids is 1. The Morgan fingerprint density at radius 1 is 1.42 bits per heavy atom. The van der Waals surface area contributed by atoms with Gasteiger partial charge in [0, 0.05) is 18.0 Å². The van der Waals surface area contributed by atoms with E-state index in [4.69, 9.17) is 14.2 Å². The smallest absolute Gasteiger partial charge is 0.169 e. The van der Waals surface area contributed by atoms with Crippen LogP contribution in [0, 0.1) is 5.82 Å². The first kappa shape index (κ1) is 14.4. The first-order valence-corrected chi connectivity index (χ1v) is 6.66. The van der Waals surface area contributed by atoms with E-state index in [-0.39, 0.29) is 18.0 Å². The van der Waals surface area contributed by atoms with Gasteiger partial charge in [-0.3, -0.25) is 4.79 Å². The Hall–Kier alpha value is -0.980. The molecule has 104 valence electrons. The van der Waals surface area contributed by atoms with Gasteiger partial charge in [-0.15, -0.1) is 0 Å². The molecule has 1 fully saturated rings. The molecule has 0 aromatic heterocycles. The molecular formula is C13H14BrFO4. The molecule has 0 radical (unpaired) electrons. The average molecular weight is 333 g/mol. The summed E-state index contributed by atoms with van der Waals surface area (Å²) in [6.07, 6.45) is -0.828. The summed E-state index contributed by atoms with van der Waals surface area (Å²) < 4.78 is 29.9. The summed E-state index contributed by atoms with van der Waals surface area (Å²) in [5, 5.41) is 0. The molecule has 2 unspecified atom stereocenters. The zero-order valence-electron chi connectivity index (χ0n) is 10.4. The summed E-state index contributed by atoms with van der Waals surface area (Å²) in [6.45, 7) is 0.718. The highest BCUT2D eigenvalue weighted by molar-refractivity contribution is 9.10. The van der Waals surface area contributed by atoms with Crippen molar-refractivity contribution in [2.24, 2.45) is 0 Å². The first-order chi connectivity index (χ1) is 9.11. The van der Waals surface area contributed by atoms with Crippen LogP contribution < -0.4 is 4.74 Å². The number of ether oxygens (including phenoxy) is 3. The minimum Gasteiger partial charge on any atom is -0.484 e. The molecule has 0 bridgehead atoms. The van der Waals surface area contributed by atoms with Crippen LogP contribution >= 0.6 is 15.9 Å². The van der Waals surface area contributed by atoms with E-state index < -0.39 is 18.0 Å². The summed E-state index contributed by atoms with van der Waals surface area (Å²) in [6, 6.07) is 4.42. The number of methoxy groups -OCH3 is 1. The van der Waals surface area contributed by atoms with E-state index in [0.717, 1.165) is 0 Å². The van der Waals surface area contributed by atoms with Gasteiger partial charge in [-0.05, 0) is 18.2 Å². The summed E-state index contributed by atoms with van der Waals surface area (Å²) in [7, 11) is 1.55. The monoisotopic (exact) mass is 332 g/mol. The summed E-state index contributed by atoms with van der Waals surface area (Å²) in [5.74, 6) is -0.373. The summed E-state index contributed by atoms with van der Waals surface area (Å²) in [4.78, 5) is 11.4. The fraction of sp³-hybridized carbons (Fsp3) is 0.462. The van der Waals surface area contributed by atoms with E-state index in [9.17, 15) is 9.18 Å². The molecule has 1 aromatic rings. The maximum Gasteiger partial charge on any atom is 0.169 e. The normalized spacial score (nSPS) is 22.2. The minimum absolute atomic E-state index is 0.0310. The van der Waals surface area contributed by atoms with Crippen LogP contribution in [-0.2, 0) is 14.3 Å². The number of ketones is 1. The highest BCUT2D eigenvalue weighted by atomic mass is 79.9. The molecule has 1 aromatic carbocycles. The molecule has 1 aliphatic rings. The maximum atomic E-state index is 13.5. The first-order valence-electron chi connectivity index (χ1n) is 5.87. The molecule has 19 heavy (non-hydrogen) atoms. The molecule has 2 atom stereocenters. The molecule has 0 spiro atoms. The molecular weight excluding hydrogens is 319 g/mol. The van der Waals surface area contributed by atoms with Gasteiger partial charge in [-0.25, -0.2) is 4.39 Å². The van der Waals surface area contributed by atoms with E-state index in [1.807, 2.05) is 0 Å². The Morgan fingerprint density at radius 2 is 2.21 bits per heavy atom. The van der Waals surface area contributed by atoms with Gasteiger partial charge in [0.2, 0.25) is 0 Å². The predicted molar refractivity (Wildman–Crippen MR) is 69.8 cm³/mol. The third kappa shape index (κ3) is 3.52. The predicted octanol–water partition coefficient (Wildman–Crippen LogP) is 2.34. The number of hydrogen-bond donors (Lipinski definition) is 0. The van der Waals surface area contributed by atoms with Crippen molar-refractivity contribution in [3.05, 3.63) is 28.5 Å². The van der Waals surface area contributed by atoms with Crippen molar-refractivity contribution in [1.82, 2.24) is 0 Å². The minimum atomic E-state index is -0.631. The standard InChI is InChI=1S/C13H14BrFO4/c1-17-4-5-18-13-10(16)7-12(13)19-11-6-8(14)2-3-9(11)15/h2-3,6,12-13H,4-5,7H2,1H3. The van der Waals surface area contributed by atoms with Gasteiger partial charge in [0.1, 0.15) is 6.10 Å². The van der Waals surface area contributed by atoms with E-state index >= 15 is 0 Å². The number of hydrogen-bond acceptors (Lipinski definition) is 4. The lowest BCUT2D eigenvalue weighted by atomic mass is 9.90. The SMILES string of the molecule is COCCOC1C(=O)CC1Oc1cc(Br)ccc1F. The van der Waals surface area contributed by atoms with Crippen molar-refractivity contribution in [1.29, 1.82) is 0 Å². The fourth-order valence-electron chi connectivity index (χ4n) is 1.76. The Labute approximate surface area is 119 Å². The Balaban J connectivity index is 1.95. The lowest BCUT2D eigenvalue weighted by Crippen LogP contribution is -2.52. The second kappa shape index (κ2) is 6.45. The van der Waals surface area contributed by atoms with Gasteiger partial charge < -0.3 is 14.2 Å². The van der Waals surface area contributed by atoms with Crippen molar-refractivity contribution < 1.29 is 23.4 Å². The van der Waals surface area contributed by atoms with Gasteiger partial charge in [-0.2, -0.15) is 0 Å². The highest BCUT2D eigenvalue weighted by Crippen LogP contribution is 2.29. The van der Waals surface area contributed by atoms with Gasteiger partial charge in [0.25, 0.3) is 0 Å². The van der Waals surface area contributed by atoms with E-state index in [2.05, 4.69) is 15.9 Å². The quantitative estimate of drug-likeness (QED) is 0.750. The van der Waals surface area contributed by atoms with Crippen LogP contribution in [0.5, 0.6) is 5.75 Å². The molecule has 0 amide bonds. The topological polar surface area (TPSA) is 44.8 Å². The van der Waals surface area contributed by atoms with Crippen LogP contribution in [0.15, 0.2) is 22.7 Å². The number of Topliss-reactive ketones (excluding diaryl/α,β-unsaturated/α-hetero) is 1. The van der Waals surface area contributed by atoms with Crippen molar-refractivity contribution in [3.8, 4) is 5.75 Å². The molecule has 1 saturated carbocycles. The molecule has 0 N–H and O–H groups in total. The molecule has 1 aliphatic carbocycles. The van der Waals surface area contributed by atoms with Crippen LogP contribution in [0.25, 0.3) is 0 Å². The van der Waals surface area contributed by atoms with Crippen LogP contribution in [-0.4, -0.2) is 38.3 Å². The molecule has 0 saturated heterocycles. The number of benzene rings is 1. The van der Waals surface area contributed by atoms with Crippen LogP contribution in [0.4, 0.5) is 4.39 Å². The molecule has 2 rings (SSSR count). The number of carbonyl (C=O) groups is 1. The Kier molecular flexibility index (Phi) is 4.90. The largest absolute Gasteiger partial charge is 0.484 e. The van der Waals surface area contributed by atoms with Gasteiger partial charge in [-0.1, -0.05) is 15.9 Å². The summed E-state index contributed by atoms with van der Waals surface area (Å²) in [5.41, 5.74) is 0. The van der Waals surface area contributed by atoms with Crippen LogP contribution in [0.3, 0.4) is 0 Å². The van der Waals surface area contributed by atoms with Crippen molar-refractivity contribution in [3.63, 3.8) is 0 Å². The molecule has 0 aliphatic heterocycles. The average Bonchev–Trinajstić information content (AvgIpc) is 2.38. The van der Waals surface area contributed by atoms with Gasteiger partial charge in [0.15, 0.2) is 23.5 Å². The van der Waals surface area contributed by atoms with E-state index in [1.54, 1.807) is 13.2 Å². The molecule has 4 nitrogen and oxygen atoms in total. The van der Waals surface area contributed by atoms with Gasteiger partial charge in [0.05, 0.1) is 13.2 Å². The maximum absolute atomic E-state index is 13.5. The molecule has 0 heterocycles. The lowest BCUT2D eigenvalue weighted by Gasteiger charge is -2.34. The second-order valence-electron chi connectivity index (χ2n) is 4.19. The summed E-state index contributed by atoms with van der Waals surface area (Å²) >= 11 is 3.24. The van der Waals surface area contributed by atoms with Crippen LogP contribution in [0.2, 0.25) is 0 Å². The van der Waals surface area contributed by atoms with Crippen molar-refractivity contribution >= 4 is 21.7 Å². The van der Waals surface area contributed by atoms with Gasteiger partial charge >= 0.3 is 0 Å². The number of rotatable bonds is 6. The zero-order valence-corrected chi connectivity index (χ0v) is 12.0. The lowest BCUT2D eigenvalue weighted by molar-refractivity contribution is -0.156. The third-order valence-electron chi connectivity index (χ3n) is 2.81.